The van der Waals surface area contributed by atoms with E-state index in [1.807, 2.05) is 12.4 Å². The third-order valence-corrected chi connectivity index (χ3v) is 3.89. The molecule has 17 heavy (non-hydrogen) atoms. The summed E-state index contributed by atoms with van der Waals surface area (Å²) in [5, 5.41) is 0. The molecule has 2 heterocycles. The van der Waals surface area contributed by atoms with Crippen LogP contribution < -0.4 is 5.73 Å². The fourth-order valence-corrected chi connectivity index (χ4v) is 2.42. The van der Waals surface area contributed by atoms with E-state index in [9.17, 15) is 0 Å². The monoisotopic (exact) mass is 233 g/mol. The van der Waals surface area contributed by atoms with E-state index in [0.29, 0.717) is 5.41 Å². The van der Waals surface area contributed by atoms with Crippen LogP contribution in [0.4, 0.5) is 0 Å². The highest BCUT2D eigenvalue weighted by Crippen LogP contribution is 2.29. The standard InChI is InChI=1S/C14H23N3/c1-12-7-13(9-16-8-12)10-17-5-3-14(2,11-15)4-6-17/h7-9H,3-6,10-11,15H2,1-2H3. The summed E-state index contributed by atoms with van der Waals surface area (Å²) < 4.78 is 0. The Morgan fingerprint density at radius 2 is 2.06 bits per heavy atom. The zero-order valence-electron chi connectivity index (χ0n) is 10.9. The molecule has 1 aliphatic rings. The van der Waals surface area contributed by atoms with Crippen LogP contribution in [0.5, 0.6) is 0 Å². The molecule has 1 fully saturated rings. The van der Waals surface area contributed by atoms with Gasteiger partial charge in [0.2, 0.25) is 0 Å². The summed E-state index contributed by atoms with van der Waals surface area (Å²) in [6.45, 7) is 8.54. The van der Waals surface area contributed by atoms with E-state index in [0.717, 1.165) is 26.2 Å². The Hall–Kier alpha value is -0.930. The van der Waals surface area contributed by atoms with Gasteiger partial charge in [-0.2, -0.15) is 0 Å². The molecule has 0 saturated carbocycles. The molecule has 0 unspecified atom stereocenters. The van der Waals surface area contributed by atoms with Gasteiger partial charge in [-0.05, 0) is 55.9 Å². The summed E-state index contributed by atoms with van der Waals surface area (Å²) >= 11 is 0. The number of nitrogens with two attached hydrogens (primary N) is 1. The van der Waals surface area contributed by atoms with E-state index in [1.54, 1.807) is 0 Å². The molecule has 0 atom stereocenters. The molecule has 1 saturated heterocycles. The highest BCUT2D eigenvalue weighted by molar-refractivity contribution is 5.16. The number of hydrogen-bond acceptors (Lipinski definition) is 3. The Balaban J connectivity index is 1.90. The first-order valence-electron chi connectivity index (χ1n) is 6.44. The lowest BCUT2D eigenvalue weighted by atomic mass is 9.80. The minimum absolute atomic E-state index is 0.362. The van der Waals surface area contributed by atoms with Crippen LogP contribution in [-0.2, 0) is 6.54 Å². The quantitative estimate of drug-likeness (QED) is 0.867. The molecule has 0 aromatic carbocycles. The Bertz CT molecular complexity index is 367. The Morgan fingerprint density at radius 3 is 2.65 bits per heavy atom. The second-order valence-corrected chi connectivity index (χ2v) is 5.66. The van der Waals surface area contributed by atoms with Crippen LogP contribution in [-0.4, -0.2) is 29.5 Å². The van der Waals surface area contributed by atoms with Gasteiger partial charge in [-0.3, -0.25) is 9.88 Å². The first kappa shape index (κ1) is 12.5. The fourth-order valence-electron chi connectivity index (χ4n) is 2.42. The topological polar surface area (TPSA) is 42.2 Å². The average molecular weight is 233 g/mol. The Morgan fingerprint density at radius 1 is 1.35 bits per heavy atom. The number of likely N-dealkylation sites (tertiary alicyclic amines) is 1. The number of aryl methyl sites for hydroxylation is 1. The summed E-state index contributed by atoms with van der Waals surface area (Å²) in [5.74, 6) is 0. The molecule has 0 amide bonds. The summed E-state index contributed by atoms with van der Waals surface area (Å²) in [7, 11) is 0. The lowest BCUT2D eigenvalue weighted by molar-refractivity contribution is 0.119. The molecule has 3 heteroatoms. The largest absolute Gasteiger partial charge is 0.330 e. The SMILES string of the molecule is Cc1cncc(CN2CCC(C)(CN)CC2)c1. The van der Waals surface area contributed by atoms with Gasteiger partial charge in [-0.1, -0.05) is 13.0 Å². The molecule has 3 nitrogen and oxygen atoms in total. The van der Waals surface area contributed by atoms with E-state index < -0.39 is 0 Å². The smallest absolute Gasteiger partial charge is 0.0313 e. The normalized spacial score (nSPS) is 20.4. The van der Waals surface area contributed by atoms with Crippen molar-refractivity contribution in [1.29, 1.82) is 0 Å². The molecule has 0 bridgehead atoms. The molecule has 2 rings (SSSR count). The highest BCUT2D eigenvalue weighted by atomic mass is 15.1. The maximum atomic E-state index is 5.83. The average Bonchev–Trinajstić information content (AvgIpc) is 2.33. The highest BCUT2D eigenvalue weighted by Gasteiger charge is 2.28. The van der Waals surface area contributed by atoms with Crippen LogP contribution in [0, 0.1) is 12.3 Å². The molecular weight excluding hydrogens is 210 g/mol. The molecule has 0 spiro atoms. The molecule has 0 aliphatic carbocycles. The van der Waals surface area contributed by atoms with E-state index in [2.05, 4.69) is 29.8 Å². The third-order valence-electron chi connectivity index (χ3n) is 3.89. The summed E-state index contributed by atoms with van der Waals surface area (Å²) in [4.78, 5) is 6.76. The van der Waals surface area contributed by atoms with Crippen molar-refractivity contribution in [1.82, 2.24) is 9.88 Å². The van der Waals surface area contributed by atoms with Crippen molar-refractivity contribution in [3.8, 4) is 0 Å². The molecule has 2 N–H and O–H groups in total. The van der Waals surface area contributed by atoms with Crippen LogP contribution in [0.3, 0.4) is 0 Å². The van der Waals surface area contributed by atoms with Crippen molar-refractivity contribution in [3.05, 3.63) is 29.6 Å². The van der Waals surface area contributed by atoms with Crippen molar-refractivity contribution in [2.24, 2.45) is 11.1 Å². The second-order valence-electron chi connectivity index (χ2n) is 5.66. The van der Waals surface area contributed by atoms with Gasteiger partial charge >= 0.3 is 0 Å². The van der Waals surface area contributed by atoms with Crippen molar-refractivity contribution < 1.29 is 0 Å². The van der Waals surface area contributed by atoms with Crippen LogP contribution in [0.1, 0.15) is 30.9 Å². The maximum absolute atomic E-state index is 5.83. The van der Waals surface area contributed by atoms with Crippen molar-refractivity contribution >= 4 is 0 Å². The summed E-state index contributed by atoms with van der Waals surface area (Å²) in [6.07, 6.45) is 6.31. The minimum Gasteiger partial charge on any atom is -0.330 e. The van der Waals surface area contributed by atoms with Gasteiger partial charge in [0.1, 0.15) is 0 Å². The molecule has 1 aromatic heterocycles. The molecule has 1 aliphatic heterocycles. The summed E-state index contributed by atoms with van der Waals surface area (Å²) in [5.41, 5.74) is 8.75. The van der Waals surface area contributed by atoms with Gasteiger partial charge in [0.05, 0.1) is 0 Å². The van der Waals surface area contributed by atoms with E-state index in [1.165, 1.54) is 24.0 Å². The van der Waals surface area contributed by atoms with Gasteiger partial charge in [0, 0.05) is 18.9 Å². The van der Waals surface area contributed by atoms with Gasteiger partial charge in [-0.15, -0.1) is 0 Å². The van der Waals surface area contributed by atoms with Gasteiger partial charge in [-0.25, -0.2) is 0 Å². The molecule has 1 aromatic rings. The second kappa shape index (κ2) is 5.15. The van der Waals surface area contributed by atoms with Crippen molar-refractivity contribution in [2.45, 2.75) is 33.2 Å². The van der Waals surface area contributed by atoms with Crippen LogP contribution in [0.15, 0.2) is 18.5 Å². The fraction of sp³-hybridized carbons (Fsp3) is 0.643. The van der Waals surface area contributed by atoms with Gasteiger partial charge < -0.3 is 5.73 Å². The number of piperidine rings is 1. The minimum atomic E-state index is 0.362. The zero-order chi connectivity index (χ0) is 12.3. The van der Waals surface area contributed by atoms with E-state index >= 15 is 0 Å². The maximum Gasteiger partial charge on any atom is 0.0313 e. The first-order chi connectivity index (χ1) is 8.11. The Kier molecular flexibility index (Phi) is 3.79. The lowest BCUT2D eigenvalue weighted by Crippen LogP contribution is -2.41. The third kappa shape index (κ3) is 3.27. The number of hydrogen-bond donors (Lipinski definition) is 1. The van der Waals surface area contributed by atoms with Crippen LogP contribution >= 0.6 is 0 Å². The Labute approximate surface area is 104 Å². The van der Waals surface area contributed by atoms with Crippen LogP contribution in [0.2, 0.25) is 0 Å². The van der Waals surface area contributed by atoms with Crippen molar-refractivity contribution in [3.63, 3.8) is 0 Å². The number of nitrogens with zero attached hydrogens (tertiary/aromatic N) is 2. The van der Waals surface area contributed by atoms with Gasteiger partial charge in [0.15, 0.2) is 0 Å². The number of aromatic nitrogens is 1. The molecular formula is C14H23N3. The zero-order valence-corrected chi connectivity index (χ0v) is 10.9. The summed E-state index contributed by atoms with van der Waals surface area (Å²) in [6, 6.07) is 2.23. The molecule has 94 valence electrons. The van der Waals surface area contributed by atoms with Crippen molar-refractivity contribution in [2.75, 3.05) is 19.6 Å². The van der Waals surface area contributed by atoms with E-state index in [4.69, 9.17) is 5.73 Å². The number of rotatable bonds is 3. The van der Waals surface area contributed by atoms with Crippen LogP contribution in [0.25, 0.3) is 0 Å². The van der Waals surface area contributed by atoms with Gasteiger partial charge in [0.25, 0.3) is 0 Å². The van der Waals surface area contributed by atoms with E-state index in [-0.39, 0.29) is 0 Å². The predicted molar refractivity (Wildman–Crippen MR) is 70.6 cm³/mol. The predicted octanol–water partition coefficient (Wildman–Crippen LogP) is 1.95. The lowest BCUT2D eigenvalue weighted by Gasteiger charge is -2.38. The molecule has 0 radical (unpaired) electrons. The first-order valence-corrected chi connectivity index (χ1v) is 6.44. The number of pyridine rings is 1.